The van der Waals surface area contributed by atoms with E-state index in [0.717, 1.165) is 0 Å². The maximum Gasteiger partial charge on any atom is 0.290 e. The molecular weight excluding hydrogens is 354 g/mol. The fourth-order valence-corrected chi connectivity index (χ4v) is 3.41. The van der Waals surface area contributed by atoms with Gasteiger partial charge in [-0.05, 0) is 30.7 Å². The molecule has 0 saturated carbocycles. The molecule has 0 aliphatic carbocycles. The van der Waals surface area contributed by atoms with Gasteiger partial charge in [0.25, 0.3) is 5.91 Å². The summed E-state index contributed by atoms with van der Waals surface area (Å²) in [5, 5.41) is 3.23. The number of rotatable bonds is 2. The summed E-state index contributed by atoms with van der Waals surface area (Å²) in [6.07, 6.45) is 0. The molecule has 2 amide bonds. The lowest BCUT2D eigenvalue weighted by Gasteiger charge is -2.34. The lowest BCUT2D eigenvalue weighted by atomic mass is 10.0. The van der Waals surface area contributed by atoms with E-state index in [2.05, 4.69) is 5.32 Å². The van der Waals surface area contributed by atoms with Gasteiger partial charge in [0.05, 0.1) is 0 Å². The van der Waals surface area contributed by atoms with Gasteiger partial charge in [-0.3, -0.25) is 9.59 Å². The van der Waals surface area contributed by atoms with Gasteiger partial charge < -0.3 is 14.6 Å². The first-order valence-electron chi connectivity index (χ1n) is 8.49. The molecule has 3 aromatic rings. The Bertz CT molecular complexity index is 1040. The van der Waals surface area contributed by atoms with Gasteiger partial charge in [0, 0.05) is 24.0 Å². The van der Waals surface area contributed by atoms with Gasteiger partial charge in [0.2, 0.25) is 5.91 Å². The molecular formula is C20H16F2N2O3. The van der Waals surface area contributed by atoms with Crippen molar-refractivity contribution in [1.82, 2.24) is 10.2 Å². The number of nitrogens with one attached hydrogen (secondary N) is 1. The molecule has 2 heterocycles. The van der Waals surface area contributed by atoms with Gasteiger partial charge in [-0.1, -0.05) is 24.3 Å². The Balaban J connectivity index is 1.77. The summed E-state index contributed by atoms with van der Waals surface area (Å²) in [5.74, 6) is -1.86. The molecule has 1 unspecified atom stereocenters. The van der Waals surface area contributed by atoms with Crippen molar-refractivity contribution in [3.8, 4) is 0 Å². The van der Waals surface area contributed by atoms with Crippen molar-refractivity contribution >= 4 is 22.8 Å². The molecule has 5 nitrogen and oxygen atoms in total. The summed E-state index contributed by atoms with van der Waals surface area (Å²) in [6.45, 7) is 2.22. The minimum Gasteiger partial charge on any atom is -0.448 e. The van der Waals surface area contributed by atoms with Crippen molar-refractivity contribution in [3.05, 3.63) is 71.0 Å². The number of hydrogen-bond acceptors (Lipinski definition) is 3. The highest BCUT2D eigenvalue weighted by Gasteiger charge is 2.37. The Labute approximate surface area is 153 Å². The topological polar surface area (TPSA) is 62.6 Å². The summed E-state index contributed by atoms with van der Waals surface area (Å²) in [7, 11) is 0. The number of aryl methyl sites for hydroxylation is 1. The molecule has 1 atom stereocenters. The highest BCUT2D eigenvalue weighted by molar-refractivity contribution is 6.01. The number of hydrogen-bond donors (Lipinski definition) is 1. The minimum absolute atomic E-state index is 0.00286. The van der Waals surface area contributed by atoms with Crippen LogP contribution >= 0.6 is 0 Å². The molecule has 0 spiro atoms. The molecule has 1 N–H and O–H groups in total. The van der Waals surface area contributed by atoms with Crippen LogP contribution in [0.5, 0.6) is 0 Å². The van der Waals surface area contributed by atoms with E-state index in [-0.39, 0.29) is 30.3 Å². The second kappa shape index (κ2) is 6.50. The Morgan fingerprint density at radius 1 is 1.19 bits per heavy atom. The third-order valence-corrected chi connectivity index (χ3v) is 4.77. The predicted molar refractivity (Wildman–Crippen MR) is 94.1 cm³/mol. The summed E-state index contributed by atoms with van der Waals surface area (Å²) in [5.41, 5.74) is 1.01. The number of carbonyl (C=O) groups excluding carboxylic acids is 2. The molecule has 0 bridgehead atoms. The molecule has 1 aliphatic heterocycles. The van der Waals surface area contributed by atoms with Crippen LogP contribution in [0.3, 0.4) is 0 Å². The highest BCUT2D eigenvalue weighted by Crippen LogP contribution is 2.31. The first-order chi connectivity index (χ1) is 13.0. The smallest absolute Gasteiger partial charge is 0.290 e. The van der Waals surface area contributed by atoms with E-state index >= 15 is 0 Å². The van der Waals surface area contributed by atoms with E-state index in [1.807, 2.05) is 0 Å². The van der Waals surface area contributed by atoms with Crippen molar-refractivity contribution in [2.75, 3.05) is 13.1 Å². The van der Waals surface area contributed by atoms with Crippen LogP contribution in [-0.2, 0) is 4.79 Å². The normalized spacial score (nSPS) is 17.2. The molecule has 1 aliphatic rings. The number of para-hydroxylation sites is 1. The Morgan fingerprint density at radius 3 is 2.63 bits per heavy atom. The zero-order valence-corrected chi connectivity index (χ0v) is 14.5. The molecule has 1 aromatic heterocycles. The lowest BCUT2D eigenvalue weighted by molar-refractivity contribution is -0.128. The number of furan rings is 1. The second-order valence-electron chi connectivity index (χ2n) is 6.42. The number of fused-ring (bicyclic) bond motifs is 1. The van der Waals surface area contributed by atoms with Crippen LogP contribution in [0.25, 0.3) is 11.0 Å². The van der Waals surface area contributed by atoms with Crippen LogP contribution in [0.4, 0.5) is 8.78 Å². The third kappa shape index (κ3) is 2.85. The molecule has 27 heavy (non-hydrogen) atoms. The molecule has 138 valence electrons. The average Bonchev–Trinajstić information content (AvgIpc) is 3.00. The molecule has 7 heteroatoms. The monoisotopic (exact) mass is 370 g/mol. The second-order valence-corrected chi connectivity index (χ2v) is 6.42. The highest BCUT2D eigenvalue weighted by atomic mass is 19.1. The van der Waals surface area contributed by atoms with Crippen molar-refractivity contribution in [3.63, 3.8) is 0 Å². The average molecular weight is 370 g/mol. The SMILES string of the molecule is Cc1c(C(=O)N2CCNC(=O)C2c2ccc(F)cc2)oc2c(F)cccc12. The van der Waals surface area contributed by atoms with Crippen molar-refractivity contribution in [2.45, 2.75) is 13.0 Å². The Kier molecular flexibility index (Phi) is 4.14. The number of amides is 2. The largest absolute Gasteiger partial charge is 0.448 e. The van der Waals surface area contributed by atoms with E-state index in [9.17, 15) is 18.4 Å². The number of piperazine rings is 1. The first kappa shape index (κ1) is 17.2. The maximum absolute atomic E-state index is 14.0. The van der Waals surface area contributed by atoms with Gasteiger partial charge >= 0.3 is 0 Å². The quantitative estimate of drug-likeness (QED) is 0.753. The number of nitrogens with zero attached hydrogens (tertiary/aromatic N) is 1. The van der Waals surface area contributed by atoms with Crippen LogP contribution in [0.1, 0.15) is 27.7 Å². The molecule has 4 rings (SSSR count). The first-order valence-corrected chi connectivity index (χ1v) is 8.49. The summed E-state index contributed by atoms with van der Waals surface area (Å²) >= 11 is 0. The van der Waals surface area contributed by atoms with Crippen molar-refractivity contribution in [1.29, 1.82) is 0 Å². The third-order valence-electron chi connectivity index (χ3n) is 4.77. The predicted octanol–water partition coefficient (Wildman–Crippen LogP) is 3.33. The van der Waals surface area contributed by atoms with E-state index in [0.29, 0.717) is 16.5 Å². The Hall–Kier alpha value is -3.22. The number of benzene rings is 2. The number of halogens is 2. The molecule has 1 saturated heterocycles. The van der Waals surface area contributed by atoms with E-state index in [1.165, 1.54) is 35.2 Å². The van der Waals surface area contributed by atoms with Gasteiger partial charge in [0.15, 0.2) is 17.2 Å². The Morgan fingerprint density at radius 2 is 1.93 bits per heavy atom. The van der Waals surface area contributed by atoms with Gasteiger partial charge in [-0.25, -0.2) is 8.78 Å². The minimum atomic E-state index is -0.913. The number of carbonyl (C=O) groups is 2. The standard InChI is InChI=1S/C20H16F2N2O3/c1-11-14-3-2-4-15(22)18(14)27-17(11)20(26)24-10-9-23-19(25)16(24)12-5-7-13(21)8-6-12/h2-8,16H,9-10H2,1H3,(H,23,25). The van der Waals surface area contributed by atoms with Gasteiger partial charge in [-0.15, -0.1) is 0 Å². The van der Waals surface area contributed by atoms with Crippen LogP contribution in [-0.4, -0.2) is 29.8 Å². The molecule has 0 radical (unpaired) electrons. The van der Waals surface area contributed by atoms with Crippen molar-refractivity contribution < 1.29 is 22.8 Å². The summed E-state index contributed by atoms with van der Waals surface area (Å²) in [4.78, 5) is 27.0. The van der Waals surface area contributed by atoms with Crippen LogP contribution in [0, 0.1) is 18.6 Å². The van der Waals surface area contributed by atoms with E-state index in [4.69, 9.17) is 4.42 Å². The maximum atomic E-state index is 14.0. The van der Waals surface area contributed by atoms with E-state index < -0.39 is 23.6 Å². The summed E-state index contributed by atoms with van der Waals surface area (Å²) in [6, 6.07) is 8.98. The van der Waals surface area contributed by atoms with Crippen molar-refractivity contribution in [2.24, 2.45) is 0 Å². The fourth-order valence-electron chi connectivity index (χ4n) is 3.41. The zero-order valence-electron chi connectivity index (χ0n) is 14.5. The lowest BCUT2D eigenvalue weighted by Crippen LogP contribution is -2.52. The summed E-state index contributed by atoms with van der Waals surface area (Å²) < 4.78 is 32.8. The van der Waals surface area contributed by atoms with Crippen LogP contribution in [0.15, 0.2) is 46.9 Å². The molecule has 1 fully saturated rings. The van der Waals surface area contributed by atoms with E-state index in [1.54, 1.807) is 19.1 Å². The van der Waals surface area contributed by atoms with Gasteiger partial charge in [0.1, 0.15) is 11.9 Å². The molecule has 2 aromatic carbocycles. The zero-order chi connectivity index (χ0) is 19.1. The fraction of sp³-hybridized carbons (Fsp3) is 0.200. The van der Waals surface area contributed by atoms with Gasteiger partial charge in [-0.2, -0.15) is 0 Å². The van der Waals surface area contributed by atoms with Crippen LogP contribution in [0.2, 0.25) is 0 Å². The van der Waals surface area contributed by atoms with Crippen LogP contribution < -0.4 is 5.32 Å².